The summed E-state index contributed by atoms with van der Waals surface area (Å²) in [5.41, 5.74) is 8.31. The molecule has 0 radical (unpaired) electrons. The molecule has 0 aromatic heterocycles. The number of benzene rings is 2. The Bertz CT molecular complexity index is 707. The van der Waals surface area contributed by atoms with Crippen molar-refractivity contribution in [1.29, 1.82) is 0 Å². The molecule has 2 rings (SSSR count). The highest BCUT2D eigenvalue weighted by Gasteiger charge is 2.11. The maximum Gasteiger partial charge on any atom is 0.236 e. The zero-order valence-electron chi connectivity index (χ0n) is 14.8. The predicted octanol–water partition coefficient (Wildman–Crippen LogP) is 4.23. The van der Waals surface area contributed by atoms with Crippen molar-refractivity contribution in [3.8, 4) is 11.1 Å². The van der Waals surface area contributed by atoms with Gasteiger partial charge < -0.3 is 11.1 Å². The predicted molar refractivity (Wildman–Crippen MR) is 103 cm³/mol. The number of carbonyl (C=O) groups is 1. The maximum absolute atomic E-state index is 13.3. The zero-order valence-corrected chi connectivity index (χ0v) is 15.6. The van der Waals surface area contributed by atoms with Crippen LogP contribution in [0.15, 0.2) is 42.5 Å². The molecule has 6 heteroatoms. The van der Waals surface area contributed by atoms with Crippen LogP contribution < -0.4 is 11.1 Å². The number of halogens is 3. The minimum absolute atomic E-state index is 0. The van der Waals surface area contributed by atoms with Gasteiger partial charge in [-0.1, -0.05) is 50.1 Å². The Morgan fingerprint density at radius 3 is 2.35 bits per heavy atom. The van der Waals surface area contributed by atoms with Crippen molar-refractivity contribution < 1.29 is 13.6 Å². The van der Waals surface area contributed by atoms with E-state index in [-0.39, 0.29) is 18.3 Å². The molecule has 0 saturated heterocycles. The van der Waals surface area contributed by atoms with Gasteiger partial charge in [-0.15, -0.1) is 12.4 Å². The summed E-state index contributed by atoms with van der Waals surface area (Å²) in [6.07, 6.45) is 3.35. The van der Waals surface area contributed by atoms with E-state index in [2.05, 4.69) is 12.2 Å². The third kappa shape index (κ3) is 6.39. The lowest BCUT2D eigenvalue weighted by atomic mass is 10.0. The van der Waals surface area contributed by atoms with Gasteiger partial charge in [0.25, 0.3) is 0 Å². The molecule has 2 aromatic carbocycles. The van der Waals surface area contributed by atoms with Gasteiger partial charge in [-0.2, -0.15) is 0 Å². The molecule has 1 atom stereocenters. The molecule has 0 spiro atoms. The highest BCUT2D eigenvalue weighted by molar-refractivity contribution is 5.85. The Balaban J connectivity index is 0.00000338. The Labute approximate surface area is 159 Å². The van der Waals surface area contributed by atoms with Crippen LogP contribution >= 0.6 is 12.4 Å². The summed E-state index contributed by atoms with van der Waals surface area (Å²) in [6, 6.07) is 11.0. The summed E-state index contributed by atoms with van der Waals surface area (Å²) < 4.78 is 26.3. The number of nitrogens with two attached hydrogens (primary N) is 1. The third-order valence-corrected chi connectivity index (χ3v) is 4.13. The molecule has 2 aromatic rings. The van der Waals surface area contributed by atoms with Gasteiger partial charge in [0.15, 0.2) is 11.6 Å². The molecule has 0 aliphatic carbocycles. The van der Waals surface area contributed by atoms with E-state index in [4.69, 9.17) is 5.73 Å². The van der Waals surface area contributed by atoms with Crippen molar-refractivity contribution in [2.75, 3.05) is 6.54 Å². The average Bonchev–Trinajstić information content (AvgIpc) is 2.62. The summed E-state index contributed by atoms with van der Waals surface area (Å²) >= 11 is 0. The monoisotopic (exact) mass is 382 g/mol. The number of hydrogen-bond acceptors (Lipinski definition) is 2. The van der Waals surface area contributed by atoms with Gasteiger partial charge in [-0.25, -0.2) is 8.78 Å². The van der Waals surface area contributed by atoms with Crippen LogP contribution in [0, 0.1) is 11.6 Å². The van der Waals surface area contributed by atoms with E-state index in [0.29, 0.717) is 24.9 Å². The normalized spacial score (nSPS) is 11.5. The summed E-state index contributed by atoms with van der Waals surface area (Å²) in [4.78, 5) is 11.8. The lowest BCUT2D eigenvalue weighted by Crippen LogP contribution is -2.41. The second-order valence-electron chi connectivity index (χ2n) is 6.12. The number of hydrogen-bond donors (Lipinski definition) is 2. The Kier molecular flexibility index (Phi) is 9.24. The second-order valence-corrected chi connectivity index (χ2v) is 6.12. The Morgan fingerprint density at radius 1 is 1.08 bits per heavy atom. The molecule has 142 valence electrons. The summed E-state index contributed by atoms with van der Waals surface area (Å²) in [7, 11) is 0. The standard InChI is InChI=1S/C20H24F2N2O.ClH/c1-2-3-4-19(23)20(25)24-12-11-14-5-7-15(8-6-14)16-9-10-17(21)18(22)13-16;/h5-10,13,19H,2-4,11-12,23H2,1H3,(H,24,25);1H. The van der Waals surface area contributed by atoms with Crippen LogP contribution in [0.1, 0.15) is 31.7 Å². The SMILES string of the molecule is CCCCC(N)C(=O)NCCc1ccc(-c2ccc(F)c(F)c2)cc1.Cl. The topological polar surface area (TPSA) is 55.1 Å². The Hall–Kier alpha value is -1.98. The van der Waals surface area contributed by atoms with Gasteiger partial charge >= 0.3 is 0 Å². The van der Waals surface area contributed by atoms with E-state index in [1.165, 1.54) is 6.07 Å². The molecular weight excluding hydrogens is 358 g/mol. The minimum Gasteiger partial charge on any atom is -0.354 e. The van der Waals surface area contributed by atoms with Crippen LogP contribution in [0.25, 0.3) is 11.1 Å². The summed E-state index contributed by atoms with van der Waals surface area (Å²) in [5.74, 6) is -1.83. The molecule has 0 fully saturated rings. The van der Waals surface area contributed by atoms with Crippen molar-refractivity contribution in [2.45, 2.75) is 38.6 Å². The van der Waals surface area contributed by atoms with Crippen molar-refractivity contribution in [2.24, 2.45) is 5.73 Å². The van der Waals surface area contributed by atoms with Gasteiger partial charge in [0.2, 0.25) is 5.91 Å². The molecular formula is C20H25ClF2N2O. The fourth-order valence-electron chi connectivity index (χ4n) is 2.56. The molecule has 0 bridgehead atoms. The van der Waals surface area contributed by atoms with Crippen LogP contribution in [-0.4, -0.2) is 18.5 Å². The third-order valence-electron chi connectivity index (χ3n) is 4.13. The van der Waals surface area contributed by atoms with Crippen molar-refractivity contribution in [1.82, 2.24) is 5.32 Å². The molecule has 1 unspecified atom stereocenters. The van der Waals surface area contributed by atoms with E-state index in [9.17, 15) is 13.6 Å². The van der Waals surface area contributed by atoms with Gasteiger partial charge in [-0.05, 0) is 41.7 Å². The first kappa shape index (κ1) is 22.1. The number of unbranched alkanes of at least 4 members (excludes halogenated alkanes) is 1. The van der Waals surface area contributed by atoms with Crippen LogP contribution in [0.4, 0.5) is 8.78 Å². The van der Waals surface area contributed by atoms with E-state index < -0.39 is 17.7 Å². The lowest BCUT2D eigenvalue weighted by molar-refractivity contribution is -0.122. The molecule has 1 amide bonds. The van der Waals surface area contributed by atoms with E-state index in [0.717, 1.165) is 30.0 Å². The molecule has 3 N–H and O–H groups in total. The van der Waals surface area contributed by atoms with Crippen molar-refractivity contribution >= 4 is 18.3 Å². The van der Waals surface area contributed by atoms with Gasteiger partial charge in [-0.3, -0.25) is 4.79 Å². The summed E-state index contributed by atoms with van der Waals surface area (Å²) in [6.45, 7) is 2.58. The van der Waals surface area contributed by atoms with E-state index in [1.807, 2.05) is 24.3 Å². The number of carbonyl (C=O) groups excluding carboxylic acids is 1. The lowest BCUT2D eigenvalue weighted by Gasteiger charge is -2.12. The van der Waals surface area contributed by atoms with Gasteiger partial charge in [0.1, 0.15) is 0 Å². The first-order valence-electron chi connectivity index (χ1n) is 8.59. The largest absolute Gasteiger partial charge is 0.354 e. The second kappa shape index (κ2) is 10.9. The van der Waals surface area contributed by atoms with Crippen molar-refractivity contribution in [3.05, 3.63) is 59.7 Å². The highest BCUT2D eigenvalue weighted by Crippen LogP contribution is 2.22. The fraction of sp³-hybridized carbons (Fsp3) is 0.350. The summed E-state index contributed by atoms with van der Waals surface area (Å²) in [5, 5.41) is 2.84. The first-order chi connectivity index (χ1) is 12.0. The van der Waals surface area contributed by atoms with E-state index in [1.54, 1.807) is 6.07 Å². The fourth-order valence-corrected chi connectivity index (χ4v) is 2.56. The van der Waals surface area contributed by atoms with E-state index >= 15 is 0 Å². The van der Waals surface area contributed by atoms with Crippen LogP contribution in [0.3, 0.4) is 0 Å². The number of rotatable bonds is 8. The number of amides is 1. The maximum atomic E-state index is 13.3. The molecule has 26 heavy (non-hydrogen) atoms. The van der Waals surface area contributed by atoms with Crippen LogP contribution in [0.5, 0.6) is 0 Å². The minimum atomic E-state index is -0.858. The zero-order chi connectivity index (χ0) is 18.2. The molecule has 0 saturated carbocycles. The highest BCUT2D eigenvalue weighted by atomic mass is 35.5. The smallest absolute Gasteiger partial charge is 0.236 e. The molecule has 0 aliphatic heterocycles. The molecule has 0 aliphatic rings. The van der Waals surface area contributed by atoms with Crippen LogP contribution in [-0.2, 0) is 11.2 Å². The molecule has 0 heterocycles. The first-order valence-corrected chi connectivity index (χ1v) is 8.59. The molecule has 3 nitrogen and oxygen atoms in total. The van der Waals surface area contributed by atoms with Crippen LogP contribution in [0.2, 0.25) is 0 Å². The van der Waals surface area contributed by atoms with Gasteiger partial charge in [0.05, 0.1) is 6.04 Å². The number of nitrogens with one attached hydrogen (secondary N) is 1. The Morgan fingerprint density at radius 2 is 1.73 bits per heavy atom. The van der Waals surface area contributed by atoms with Crippen molar-refractivity contribution in [3.63, 3.8) is 0 Å². The van der Waals surface area contributed by atoms with Gasteiger partial charge in [0, 0.05) is 6.54 Å². The quantitative estimate of drug-likeness (QED) is 0.717. The average molecular weight is 383 g/mol.